The van der Waals surface area contributed by atoms with Crippen molar-refractivity contribution in [3.05, 3.63) is 84.2 Å². The van der Waals surface area contributed by atoms with Gasteiger partial charge in [0.15, 0.2) is 6.17 Å². The van der Waals surface area contributed by atoms with E-state index in [1.54, 1.807) is 24.3 Å². The van der Waals surface area contributed by atoms with E-state index < -0.39 is 0 Å². The Hall–Kier alpha value is -3.34. The van der Waals surface area contributed by atoms with Gasteiger partial charge in [-0.3, -0.25) is 14.7 Å². The minimum absolute atomic E-state index is 0.0605. The zero-order chi connectivity index (χ0) is 17.2. The van der Waals surface area contributed by atoms with Crippen molar-refractivity contribution < 1.29 is 9.53 Å². The standard InChI is InChI=1S/C20H17N3O2/c1-25-16-10-5-7-14(13-16)22-19-18-17(11-6-12-21-18)20(24)23(19)15-8-3-2-4-9-15/h2-13,19,22H,1H3. The zero-order valence-corrected chi connectivity index (χ0v) is 13.7. The average molecular weight is 331 g/mol. The van der Waals surface area contributed by atoms with Gasteiger partial charge in [0.05, 0.1) is 18.4 Å². The third-order valence-corrected chi connectivity index (χ3v) is 4.21. The van der Waals surface area contributed by atoms with Gasteiger partial charge >= 0.3 is 0 Å². The second-order valence-corrected chi connectivity index (χ2v) is 5.73. The van der Waals surface area contributed by atoms with Crippen molar-refractivity contribution >= 4 is 17.3 Å². The number of pyridine rings is 1. The van der Waals surface area contributed by atoms with Crippen molar-refractivity contribution in [1.29, 1.82) is 0 Å². The van der Waals surface area contributed by atoms with Crippen LogP contribution in [0.1, 0.15) is 22.2 Å². The van der Waals surface area contributed by atoms with Crippen LogP contribution < -0.4 is 15.0 Å². The maximum absolute atomic E-state index is 12.9. The molecule has 124 valence electrons. The molecule has 2 aromatic carbocycles. The Balaban J connectivity index is 1.77. The number of hydrogen-bond acceptors (Lipinski definition) is 4. The SMILES string of the molecule is COc1cccc(NC2c3ncccc3C(=O)N2c2ccccc2)c1. The second-order valence-electron chi connectivity index (χ2n) is 5.73. The summed E-state index contributed by atoms with van der Waals surface area (Å²) in [6.07, 6.45) is 1.33. The summed E-state index contributed by atoms with van der Waals surface area (Å²) < 4.78 is 5.29. The van der Waals surface area contributed by atoms with Crippen LogP contribution in [0.5, 0.6) is 5.75 Å². The first-order chi connectivity index (χ1) is 12.3. The van der Waals surface area contributed by atoms with Crippen molar-refractivity contribution in [2.75, 3.05) is 17.3 Å². The van der Waals surface area contributed by atoms with Gasteiger partial charge in [-0.2, -0.15) is 0 Å². The molecule has 3 aromatic rings. The number of anilines is 2. The summed E-state index contributed by atoms with van der Waals surface area (Å²) in [5, 5.41) is 3.41. The molecule has 1 aliphatic heterocycles. The monoisotopic (exact) mass is 331 g/mol. The van der Waals surface area contributed by atoms with Gasteiger partial charge < -0.3 is 10.1 Å². The molecule has 2 heterocycles. The van der Waals surface area contributed by atoms with Gasteiger partial charge in [-0.15, -0.1) is 0 Å². The minimum Gasteiger partial charge on any atom is -0.497 e. The number of hydrogen-bond donors (Lipinski definition) is 1. The van der Waals surface area contributed by atoms with Gasteiger partial charge in [-0.25, -0.2) is 0 Å². The Morgan fingerprint density at radius 3 is 2.68 bits per heavy atom. The highest BCUT2D eigenvalue weighted by molar-refractivity contribution is 6.11. The molecular formula is C20H17N3O2. The number of carbonyl (C=O) groups is 1. The molecule has 1 unspecified atom stereocenters. The lowest BCUT2D eigenvalue weighted by Gasteiger charge is -2.26. The molecule has 0 bridgehead atoms. The number of methoxy groups -OCH3 is 1. The van der Waals surface area contributed by atoms with Crippen molar-refractivity contribution in [2.45, 2.75) is 6.17 Å². The minimum atomic E-state index is -0.377. The van der Waals surface area contributed by atoms with E-state index in [0.717, 1.165) is 22.8 Å². The zero-order valence-electron chi connectivity index (χ0n) is 13.7. The molecule has 1 amide bonds. The number of nitrogens with one attached hydrogen (secondary N) is 1. The van der Waals surface area contributed by atoms with Gasteiger partial charge in [0.2, 0.25) is 0 Å². The predicted octanol–water partition coefficient (Wildman–Crippen LogP) is 3.86. The molecule has 1 aliphatic rings. The van der Waals surface area contributed by atoms with Crippen LogP contribution in [0.2, 0.25) is 0 Å². The average Bonchev–Trinajstić information content (AvgIpc) is 2.95. The van der Waals surface area contributed by atoms with E-state index in [1.165, 1.54) is 0 Å². The Morgan fingerprint density at radius 1 is 1.04 bits per heavy atom. The molecule has 0 spiro atoms. The summed E-state index contributed by atoms with van der Waals surface area (Å²) in [4.78, 5) is 19.1. The summed E-state index contributed by atoms with van der Waals surface area (Å²) in [7, 11) is 1.63. The second kappa shape index (κ2) is 6.28. The number of carbonyl (C=O) groups excluding carboxylic acids is 1. The van der Waals surface area contributed by atoms with Crippen molar-refractivity contribution in [1.82, 2.24) is 4.98 Å². The van der Waals surface area contributed by atoms with Gasteiger partial charge in [-0.1, -0.05) is 24.3 Å². The Labute approximate surface area is 145 Å². The molecule has 4 rings (SSSR count). The number of benzene rings is 2. The van der Waals surface area contributed by atoms with E-state index in [4.69, 9.17) is 4.74 Å². The van der Waals surface area contributed by atoms with Crippen LogP contribution in [-0.4, -0.2) is 18.0 Å². The number of nitrogens with zero attached hydrogens (tertiary/aromatic N) is 2. The highest BCUT2D eigenvalue weighted by Gasteiger charge is 2.38. The van der Waals surface area contributed by atoms with Crippen LogP contribution in [0, 0.1) is 0 Å². The number of aromatic nitrogens is 1. The highest BCUT2D eigenvalue weighted by atomic mass is 16.5. The predicted molar refractivity (Wildman–Crippen MR) is 96.8 cm³/mol. The normalized spacial score (nSPS) is 15.8. The van der Waals surface area contributed by atoms with Gasteiger partial charge in [0, 0.05) is 23.6 Å². The molecule has 0 saturated heterocycles. The van der Waals surface area contributed by atoms with Crippen molar-refractivity contribution in [3.8, 4) is 5.75 Å². The number of amides is 1. The molecule has 25 heavy (non-hydrogen) atoms. The quantitative estimate of drug-likeness (QED) is 0.789. The molecule has 1 atom stereocenters. The van der Waals surface area contributed by atoms with Crippen LogP contribution in [0.4, 0.5) is 11.4 Å². The van der Waals surface area contributed by atoms with Gasteiger partial charge in [0.1, 0.15) is 5.75 Å². The topological polar surface area (TPSA) is 54.5 Å². The Kier molecular flexibility index (Phi) is 3.82. The summed E-state index contributed by atoms with van der Waals surface area (Å²) >= 11 is 0. The molecule has 1 aromatic heterocycles. The lowest BCUT2D eigenvalue weighted by molar-refractivity contribution is 0.0993. The van der Waals surface area contributed by atoms with Crippen LogP contribution in [0.25, 0.3) is 0 Å². The summed E-state index contributed by atoms with van der Waals surface area (Å²) in [6, 6.07) is 20.8. The van der Waals surface area contributed by atoms with Crippen LogP contribution in [0.3, 0.4) is 0 Å². The Morgan fingerprint density at radius 2 is 1.88 bits per heavy atom. The highest BCUT2D eigenvalue weighted by Crippen LogP contribution is 2.37. The largest absolute Gasteiger partial charge is 0.497 e. The van der Waals surface area contributed by atoms with Crippen LogP contribution in [0.15, 0.2) is 72.9 Å². The first kappa shape index (κ1) is 15.2. The number of rotatable bonds is 4. The fourth-order valence-electron chi connectivity index (χ4n) is 3.04. The van der Waals surface area contributed by atoms with E-state index in [9.17, 15) is 4.79 Å². The maximum Gasteiger partial charge on any atom is 0.262 e. The fraction of sp³-hybridized carbons (Fsp3) is 0.100. The number of para-hydroxylation sites is 1. The molecule has 0 aliphatic carbocycles. The smallest absolute Gasteiger partial charge is 0.262 e. The molecule has 5 heteroatoms. The lowest BCUT2D eigenvalue weighted by atomic mass is 10.2. The van der Waals surface area contributed by atoms with E-state index in [2.05, 4.69) is 10.3 Å². The molecule has 5 nitrogen and oxygen atoms in total. The van der Waals surface area contributed by atoms with Crippen molar-refractivity contribution in [2.24, 2.45) is 0 Å². The van der Waals surface area contributed by atoms with Crippen LogP contribution >= 0.6 is 0 Å². The maximum atomic E-state index is 12.9. The van der Waals surface area contributed by atoms with E-state index in [1.807, 2.05) is 60.7 Å². The fourth-order valence-corrected chi connectivity index (χ4v) is 3.04. The summed E-state index contributed by atoms with van der Waals surface area (Å²) in [5.41, 5.74) is 3.02. The van der Waals surface area contributed by atoms with E-state index in [0.29, 0.717) is 5.56 Å². The van der Waals surface area contributed by atoms with Crippen molar-refractivity contribution in [3.63, 3.8) is 0 Å². The first-order valence-electron chi connectivity index (χ1n) is 8.02. The molecule has 0 radical (unpaired) electrons. The molecule has 0 saturated carbocycles. The molecule has 0 fully saturated rings. The van der Waals surface area contributed by atoms with E-state index in [-0.39, 0.29) is 12.1 Å². The molecular weight excluding hydrogens is 314 g/mol. The lowest BCUT2D eigenvalue weighted by Crippen LogP contribution is -2.32. The van der Waals surface area contributed by atoms with Gasteiger partial charge in [-0.05, 0) is 36.4 Å². The Bertz CT molecular complexity index is 912. The third kappa shape index (κ3) is 2.70. The van der Waals surface area contributed by atoms with Crippen LogP contribution in [-0.2, 0) is 0 Å². The summed E-state index contributed by atoms with van der Waals surface area (Å²) in [6.45, 7) is 0. The number of ether oxygens (including phenoxy) is 1. The number of fused-ring (bicyclic) bond motifs is 1. The summed E-state index contributed by atoms with van der Waals surface area (Å²) in [5.74, 6) is 0.691. The van der Waals surface area contributed by atoms with Gasteiger partial charge in [0.25, 0.3) is 5.91 Å². The molecule has 1 N–H and O–H groups in total. The van der Waals surface area contributed by atoms with E-state index >= 15 is 0 Å². The first-order valence-corrected chi connectivity index (χ1v) is 8.02. The third-order valence-electron chi connectivity index (χ3n) is 4.21.